The summed E-state index contributed by atoms with van der Waals surface area (Å²) in [6.45, 7) is 1.000. The molecule has 0 aliphatic carbocycles. The largest absolute Gasteiger partial charge is 0.411 e. The number of likely N-dealkylation sites (tertiary alicyclic amines) is 1. The van der Waals surface area contributed by atoms with E-state index in [4.69, 9.17) is 5.73 Å². The minimum atomic E-state index is -4.39. The number of halogens is 4. The molecule has 8 heteroatoms. The number of rotatable bonds is 4. The lowest BCUT2D eigenvalue weighted by Gasteiger charge is -2.18. The lowest BCUT2D eigenvalue weighted by molar-refractivity contribution is -0.177. The van der Waals surface area contributed by atoms with Gasteiger partial charge < -0.3 is 15.4 Å². The van der Waals surface area contributed by atoms with Gasteiger partial charge in [0.15, 0.2) is 0 Å². The highest BCUT2D eigenvalue weighted by Gasteiger charge is 2.30. The number of hydrogen-bond donors (Lipinski definition) is 1. The molecule has 2 unspecified atom stereocenters. The molecule has 0 radical (unpaired) electrons. The van der Waals surface area contributed by atoms with Crippen LogP contribution >= 0.6 is 12.4 Å². The number of carbonyl (C=O) groups excluding carboxylic acids is 1. The van der Waals surface area contributed by atoms with Gasteiger partial charge in [-0.25, -0.2) is 0 Å². The number of carbonyl (C=O) groups is 1. The van der Waals surface area contributed by atoms with E-state index in [2.05, 4.69) is 4.74 Å². The zero-order chi connectivity index (χ0) is 13.1. The minimum absolute atomic E-state index is 0. The van der Waals surface area contributed by atoms with Crippen LogP contribution in [0.15, 0.2) is 0 Å². The first kappa shape index (κ1) is 17.5. The van der Waals surface area contributed by atoms with Gasteiger partial charge >= 0.3 is 6.18 Å². The lowest BCUT2D eigenvalue weighted by Crippen LogP contribution is -2.35. The quantitative estimate of drug-likeness (QED) is 0.846. The van der Waals surface area contributed by atoms with Crippen molar-refractivity contribution in [2.45, 2.75) is 25.6 Å². The molecular formula is C10H18ClF3N2O2. The molecule has 1 aliphatic rings. The first-order chi connectivity index (χ1) is 7.79. The van der Waals surface area contributed by atoms with E-state index in [1.807, 2.05) is 6.92 Å². The Morgan fingerprint density at radius 1 is 1.56 bits per heavy atom. The average molecular weight is 291 g/mol. The maximum atomic E-state index is 11.8. The van der Waals surface area contributed by atoms with Crippen LogP contribution in [0.3, 0.4) is 0 Å². The van der Waals surface area contributed by atoms with Gasteiger partial charge in [0.05, 0.1) is 0 Å². The molecule has 108 valence electrons. The summed E-state index contributed by atoms with van der Waals surface area (Å²) in [6.07, 6.45) is -3.59. The van der Waals surface area contributed by atoms with E-state index in [1.165, 1.54) is 4.90 Å². The monoisotopic (exact) mass is 290 g/mol. The van der Waals surface area contributed by atoms with Gasteiger partial charge in [-0.05, 0) is 19.3 Å². The topological polar surface area (TPSA) is 55.6 Å². The van der Waals surface area contributed by atoms with E-state index in [9.17, 15) is 18.0 Å². The fourth-order valence-corrected chi connectivity index (χ4v) is 1.79. The highest BCUT2D eigenvalue weighted by molar-refractivity contribution is 5.85. The number of alkyl halides is 3. The van der Waals surface area contributed by atoms with Crippen molar-refractivity contribution in [3.63, 3.8) is 0 Å². The third-order valence-electron chi connectivity index (χ3n) is 2.81. The van der Waals surface area contributed by atoms with Crippen LogP contribution in [0.5, 0.6) is 0 Å². The molecule has 0 aromatic rings. The van der Waals surface area contributed by atoms with Crippen molar-refractivity contribution in [3.05, 3.63) is 0 Å². The fourth-order valence-electron chi connectivity index (χ4n) is 1.79. The minimum Gasteiger partial charge on any atom is -0.362 e. The molecule has 1 rings (SSSR count). The predicted octanol–water partition coefficient (Wildman–Crippen LogP) is 1.18. The summed E-state index contributed by atoms with van der Waals surface area (Å²) in [4.78, 5) is 13.0. The Morgan fingerprint density at radius 2 is 2.17 bits per heavy atom. The van der Waals surface area contributed by atoms with Crippen LogP contribution in [0.25, 0.3) is 0 Å². The summed E-state index contributed by atoms with van der Waals surface area (Å²) < 4.78 is 39.7. The first-order valence-corrected chi connectivity index (χ1v) is 5.47. The summed E-state index contributed by atoms with van der Waals surface area (Å²) in [5.41, 5.74) is 5.70. The van der Waals surface area contributed by atoms with Gasteiger partial charge in [0.1, 0.15) is 13.2 Å². The van der Waals surface area contributed by atoms with Crippen molar-refractivity contribution in [1.29, 1.82) is 0 Å². The average Bonchev–Trinajstić information content (AvgIpc) is 2.63. The van der Waals surface area contributed by atoms with Crippen LogP contribution in [-0.2, 0) is 9.53 Å². The Kier molecular flexibility index (Phi) is 6.94. The molecule has 1 fully saturated rings. The van der Waals surface area contributed by atoms with E-state index < -0.39 is 25.3 Å². The van der Waals surface area contributed by atoms with Crippen LogP contribution in [0.1, 0.15) is 13.3 Å². The van der Waals surface area contributed by atoms with E-state index in [1.54, 1.807) is 0 Å². The van der Waals surface area contributed by atoms with Gasteiger partial charge in [0.25, 0.3) is 0 Å². The number of hydrogen-bond acceptors (Lipinski definition) is 3. The smallest absolute Gasteiger partial charge is 0.362 e. The third-order valence-corrected chi connectivity index (χ3v) is 2.81. The second-order valence-corrected chi connectivity index (χ2v) is 4.36. The van der Waals surface area contributed by atoms with Crippen molar-refractivity contribution in [2.24, 2.45) is 11.7 Å². The lowest BCUT2D eigenvalue weighted by atomic mass is 10.0. The van der Waals surface area contributed by atoms with Crippen molar-refractivity contribution < 1.29 is 22.7 Å². The molecule has 2 N–H and O–H groups in total. The number of nitrogens with zero attached hydrogens (tertiary/aromatic N) is 1. The normalized spacial score (nSPS) is 21.6. The molecule has 0 saturated carbocycles. The maximum Gasteiger partial charge on any atom is 0.411 e. The molecular weight excluding hydrogens is 273 g/mol. The van der Waals surface area contributed by atoms with E-state index in [0.717, 1.165) is 6.42 Å². The van der Waals surface area contributed by atoms with Gasteiger partial charge in [-0.3, -0.25) is 4.79 Å². The molecule has 0 aromatic heterocycles. The predicted molar refractivity (Wildman–Crippen MR) is 62.5 cm³/mol. The Balaban J connectivity index is 0.00000289. The molecule has 1 amide bonds. The van der Waals surface area contributed by atoms with Crippen molar-refractivity contribution in [3.8, 4) is 0 Å². The molecule has 1 heterocycles. The van der Waals surface area contributed by atoms with Gasteiger partial charge in [-0.1, -0.05) is 0 Å². The Labute approximate surface area is 110 Å². The second-order valence-electron chi connectivity index (χ2n) is 4.36. The summed E-state index contributed by atoms with van der Waals surface area (Å²) >= 11 is 0. The van der Waals surface area contributed by atoms with Crippen molar-refractivity contribution in [1.82, 2.24) is 4.90 Å². The van der Waals surface area contributed by atoms with Crippen LogP contribution in [-0.4, -0.2) is 49.3 Å². The molecule has 1 saturated heterocycles. The molecule has 2 atom stereocenters. The highest BCUT2D eigenvalue weighted by atomic mass is 35.5. The second kappa shape index (κ2) is 7.16. The van der Waals surface area contributed by atoms with E-state index in [0.29, 0.717) is 13.1 Å². The molecule has 1 aliphatic heterocycles. The number of nitrogens with two attached hydrogens (primary N) is 1. The Hall–Kier alpha value is -0.530. The van der Waals surface area contributed by atoms with E-state index in [-0.39, 0.29) is 24.4 Å². The zero-order valence-electron chi connectivity index (χ0n) is 10.1. The fraction of sp³-hybridized carbons (Fsp3) is 0.900. The van der Waals surface area contributed by atoms with Gasteiger partial charge in [-0.15, -0.1) is 12.4 Å². The van der Waals surface area contributed by atoms with Crippen LogP contribution in [0.2, 0.25) is 0 Å². The summed E-state index contributed by atoms with van der Waals surface area (Å²) in [5, 5.41) is 0. The number of ether oxygens (including phenoxy) is 1. The zero-order valence-corrected chi connectivity index (χ0v) is 10.9. The van der Waals surface area contributed by atoms with Gasteiger partial charge in [0, 0.05) is 19.1 Å². The van der Waals surface area contributed by atoms with Crippen LogP contribution in [0, 0.1) is 5.92 Å². The maximum absolute atomic E-state index is 11.8. The molecule has 0 aromatic carbocycles. The molecule has 4 nitrogen and oxygen atoms in total. The summed E-state index contributed by atoms with van der Waals surface area (Å²) in [7, 11) is 0. The van der Waals surface area contributed by atoms with Crippen molar-refractivity contribution in [2.75, 3.05) is 26.3 Å². The molecule has 18 heavy (non-hydrogen) atoms. The van der Waals surface area contributed by atoms with Gasteiger partial charge in [-0.2, -0.15) is 13.2 Å². The Morgan fingerprint density at radius 3 is 2.61 bits per heavy atom. The SMILES string of the molecule is CC(N)C1CCN(C(=O)COCC(F)(F)F)C1.Cl. The first-order valence-electron chi connectivity index (χ1n) is 5.47. The number of amides is 1. The van der Waals surface area contributed by atoms with Crippen molar-refractivity contribution >= 4 is 18.3 Å². The molecule has 0 bridgehead atoms. The highest BCUT2D eigenvalue weighted by Crippen LogP contribution is 2.19. The molecule has 0 spiro atoms. The standard InChI is InChI=1S/C10H17F3N2O2.ClH/c1-7(14)8-2-3-15(4-8)9(16)5-17-6-10(11,12)13;/h7-8H,2-6,14H2,1H3;1H. The summed E-state index contributed by atoms with van der Waals surface area (Å²) in [5.74, 6) is -0.182. The van der Waals surface area contributed by atoms with Gasteiger partial charge in [0.2, 0.25) is 5.91 Å². The van der Waals surface area contributed by atoms with Crippen LogP contribution < -0.4 is 5.73 Å². The third kappa shape index (κ3) is 5.88. The summed E-state index contributed by atoms with van der Waals surface area (Å²) in [6, 6.07) is -0.0103. The van der Waals surface area contributed by atoms with E-state index >= 15 is 0 Å². The van der Waals surface area contributed by atoms with Crippen LogP contribution in [0.4, 0.5) is 13.2 Å². The Bertz CT molecular complexity index is 274.